The molecule has 2 unspecified atom stereocenters. The van der Waals surface area contributed by atoms with Gasteiger partial charge in [-0.15, -0.1) is 0 Å². The molecule has 1 saturated heterocycles. The summed E-state index contributed by atoms with van der Waals surface area (Å²) < 4.78 is 0. The van der Waals surface area contributed by atoms with Crippen LogP contribution in [0.4, 0.5) is 5.69 Å². The van der Waals surface area contributed by atoms with Crippen molar-refractivity contribution in [2.24, 2.45) is 5.92 Å². The first-order valence-corrected chi connectivity index (χ1v) is 11.1. The summed E-state index contributed by atoms with van der Waals surface area (Å²) in [6.07, 6.45) is 2.80. The van der Waals surface area contributed by atoms with Crippen molar-refractivity contribution in [3.8, 4) is 0 Å². The van der Waals surface area contributed by atoms with Crippen LogP contribution >= 0.6 is 0 Å². The van der Waals surface area contributed by atoms with Gasteiger partial charge in [-0.3, -0.25) is 9.78 Å². The van der Waals surface area contributed by atoms with Crippen molar-refractivity contribution >= 4 is 22.5 Å². The number of likely N-dealkylation sites (N-methyl/N-ethyl adjacent to an activating group) is 1. The predicted octanol–water partition coefficient (Wildman–Crippen LogP) is 3.96. The standard InChI is InChI=1S/C26H30N4O/c1-17-9-10-19(30-15-20(16-30)29(3)4)13-22(17)25(31)28-26(14-18(26)2)23-11-12-27-24-8-6-5-7-21(23)24/h5-13,18,20H,14-16H2,1-4H3,(H,28,31). The summed E-state index contributed by atoms with van der Waals surface area (Å²) in [4.78, 5) is 22.6. The summed E-state index contributed by atoms with van der Waals surface area (Å²) in [7, 11) is 4.24. The number of hydrogen-bond donors (Lipinski definition) is 1. The molecule has 2 heterocycles. The maximum absolute atomic E-state index is 13.5. The van der Waals surface area contributed by atoms with Crippen molar-refractivity contribution in [3.63, 3.8) is 0 Å². The van der Waals surface area contributed by atoms with Crippen molar-refractivity contribution in [3.05, 3.63) is 71.4 Å². The summed E-state index contributed by atoms with van der Waals surface area (Å²) in [6, 6.07) is 17.1. The Morgan fingerprint density at radius 1 is 1.16 bits per heavy atom. The van der Waals surface area contributed by atoms with Gasteiger partial charge in [-0.1, -0.05) is 31.2 Å². The molecule has 5 rings (SSSR count). The number of benzene rings is 2. The number of anilines is 1. The van der Waals surface area contributed by atoms with Crippen LogP contribution in [0.15, 0.2) is 54.7 Å². The molecule has 5 heteroatoms. The van der Waals surface area contributed by atoms with Gasteiger partial charge in [0.2, 0.25) is 0 Å². The van der Waals surface area contributed by atoms with E-state index in [0.717, 1.165) is 47.2 Å². The first kappa shape index (κ1) is 20.0. The topological polar surface area (TPSA) is 48.5 Å². The van der Waals surface area contributed by atoms with E-state index in [2.05, 4.69) is 71.5 Å². The number of pyridine rings is 1. The zero-order chi connectivity index (χ0) is 21.8. The second kappa shape index (κ2) is 7.34. The zero-order valence-electron chi connectivity index (χ0n) is 18.7. The van der Waals surface area contributed by atoms with Gasteiger partial charge >= 0.3 is 0 Å². The van der Waals surface area contributed by atoms with Gasteiger partial charge in [0.05, 0.1) is 11.1 Å². The second-order valence-corrected chi connectivity index (χ2v) is 9.43. The van der Waals surface area contributed by atoms with Crippen molar-refractivity contribution in [2.45, 2.75) is 31.8 Å². The molecule has 160 valence electrons. The minimum Gasteiger partial charge on any atom is -0.368 e. The molecule has 2 fully saturated rings. The molecule has 31 heavy (non-hydrogen) atoms. The molecule has 0 radical (unpaired) electrons. The number of aromatic nitrogens is 1. The Morgan fingerprint density at radius 2 is 1.90 bits per heavy atom. The van der Waals surface area contributed by atoms with Crippen LogP contribution in [0.1, 0.15) is 34.8 Å². The average molecular weight is 415 g/mol. The third kappa shape index (κ3) is 3.37. The Kier molecular flexibility index (Phi) is 4.74. The van der Waals surface area contributed by atoms with Crippen LogP contribution in [-0.2, 0) is 5.54 Å². The number of fused-ring (bicyclic) bond motifs is 1. The Labute approximate surface area is 184 Å². The molecule has 0 spiro atoms. The lowest BCUT2D eigenvalue weighted by atomic mass is 9.97. The van der Waals surface area contributed by atoms with Crippen molar-refractivity contribution < 1.29 is 4.79 Å². The lowest BCUT2D eigenvalue weighted by Crippen LogP contribution is -2.57. The molecule has 2 aliphatic rings. The van der Waals surface area contributed by atoms with Crippen LogP contribution in [0.5, 0.6) is 0 Å². The lowest BCUT2D eigenvalue weighted by Gasteiger charge is -2.44. The number of nitrogens with zero attached hydrogens (tertiary/aromatic N) is 3. The highest BCUT2D eigenvalue weighted by Crippen LogP contribution is 2.53. The number of rotatable bonds is 5. The number of nitrogens with one attached hydrogen (secondary N) is 1. The van der Waals surface area contributed by atoms with Crippen molar-refractivity contribution in [1.82, 2.24) is 15.2 Å². The predicted molar refractivity (Wildman–Crippen MR) is 126 cm³/mol. The molecule has 1 N–H and O–H groups in total. The Bertz CT molecular complexity index is 1150. The van der Waals surface area contributed by atoms with E-state index in [9.17, 15) is 4.79 Å². The van der Waals surface area contributed by atoms with Crippen LogP contribution in [0.25, 0.3) is 10.9 Å². The fourth-order valence-corrected chi connectivity index (χ4v) is 4.84. The summed E-state index contributed by atoms with van der Waals surface area (Å²) in [6.45, 7) is 6.23. The number of aryl methyl sites for hydroxylation is 1. The first-order chi connectivity index (χ1) is 14.9. The van der Waals surface area contributed by atoms with E-state index in [0.29, 0.717) is 12.0 Å². The van der Waals surface area contributed by atoms with E-state index in [-0.39, 0.29) is 11.4 Å². The van der Waals surface area contributed by atoms with E-state index in [1.165, 1.54) is 5.56 Å². The van der Waals surface area contributed by atoms with E-state index < -0.39 is 0 Å². The molecule has 1 aliphatic heterocycles. The van der Waals surface area contributed by atoms with Crippen molar-refractivity contribution in [1.29, 1.82) is 0 Å². The van der Waals surface area contributed by atoms with Gasteiger partial charge in [-0.2, -0.15) is 0 Å². The molecule has 3 aromatic rings. The maximum atomic E-state index is 13.5. The summed E-state index contributed by atoms with van der Waals surface area (Å²) in [5.74, 6) is 0.399. The van der Waals surface area contributed by atoms with Gasteiger partial charge in [0.15, 0.2) is 0 Å². The smallest absolute Gasteiger partial charge is 0.252 e. The molecule has 2 aromatic carbocycles. The van der Waals surface area contributed by atoms with E-state index in [1.54, 1.807) is 0 Å². The number of carbonyl (C=O) groups is 1. The Balaban J connectivity index is 1.42. The molecular weight excluding hydrogens is 384 g/mol. The van der Waals surface area contributed by atoms with Gasteiger partial charge in [-0.25, -0.2) is 0 Å². The average Bonchev–Trinajstić information content (AvgIpc) is 3.37. The fraction of sp³-hybridized carbons (Fsp3) is 0.385. The molecule has 0 bridgehead atoms. The summed E-state index contributed by atoms with van der Waals surface area (Å²) >= 11 is 0. The molecule has 1 saturated carbocycles. The third-order valence-electron chi connectivity index (χ3n) is 7.20. The minimum atomic E-state index is -0.325. The van der Waals surface area contributed by atoms with Gasteiger partial charge in [-0.05, 0) is 68.8 Å². The molecule has 1 amide bonds. The van der Waals surface area contributed by atoms with E-state index in [1.807, 2.05) is 31.3 Å². The third-order valence-corrected chi connectivity index (χ3v) is 7.20. The zero-order valence-corrected chi connectivity index (χ0v) is 18.7. The molecule has 1 aliphatic carbocycles. The fourth-order valence-electron chi connectivity index (χ4n) is 4.84. The normalized spacial score (nSPS) is 23.1. The lowest BCUT2D eigenvalue weighted by molar-refractivity contribution is 0.0927. The first-order valence-electron chi connectivity index (χ1n) is 11.1. The molecule has 1 aromatic heterocycles. The van der Waals surface area contributed by atoms with Crippen LogP contribution in [0.3, 0.4) is 0 Å². The number of amides is 1. The highest BCUT2D eigenvalue weighted by molar-refractivity contribution is 5.98. The maximum Gasteiger partial charge on any atom is 0.252 e. The largest absolute Gasteiger partial charge is 0.368 e. The summed E-state index contributed by atoms with van der Waals surface area (Å²) in [5, 5.41) is 4.54. The van der Waals surface area contributed by atoms with Gasteiger partial charge < -0.3 is 15.1 Å². The monoisotopic (exact) mass is 414 g/mol. The molecular formula is C26H30N4O. The van der Waals surface area contributed by atoms with Gasteiger partial charge in [0.25, 0.3) is 5.91 Å². The van der Waals surface area contributed by atoms with E-state index in [4.69, 9.17) is 0 Å². The van der Waals surface area contributed by atoms with Crippen molar-refractivity contribution in [2.75, 3.05) is 32.1 Å². The highest BCUT2D eigenvalue weighted by atomic mass is 16.1. The number of carbonyl (C=O) groups excluding carboxylic acids is 1. The van der Waals surface area contributed by atoms with Gasteiger partial charge in [0, 0.05) is 42.0 Å². The van der Waals surface area contributed by atoms with Crippen LogP contribution < -0.4 is 10.2 Å². The quantitative estimate of drug-likeness (QED) is 0.687. The minimum absolute atomic E-state index is 0.00859. The van der Waals surface area contributed by atoms with E-state index >= 15 is 0 Å². The van der Waals surface area contributed by atoms with Gasteiger partial charge in [0.1, 0.15) is 0 Å². The molecule has 2 atom stereocenters. The SMILES string of the molecule is Cc1ccc(N2CC(N(C)C)C2)cc1C(=O)NC1(c2ccnc3ccccc23)CC1C. The summed E-state index contributed by atoms with van der Waals surface area (Å²) in [5.41, 5.74) is 4.72. The highest BCUT2D eigenvalue weighted by Gasteiger charge is 2.54. The number of hydrogen-bond acceptors (Lipinski definition) is 4. The Hall–Kier alpha value is -2.92. The second-order valence-electron chi connectivity index (χ2n) is 9.43. The van der Waals surface area contributed by atoms with Crippen LogP contribution in [0, 0.1) is 12.8 Å². The molecule has 5 nitrogen and oxygen atoms in total. The van der Waals surface area contributed by atoms with Crippen LogP contribution in [0.2, 0.25) is 0 Å². The number of para-hydroxylation sites is 1. The Morgan fingerprint density at radius 3 is 2.61 bits per heavy atom. The van der Waals surface area contributed by atoms with Crippen LogP contribution in [-0.4, -0.2) is 49.0 Å².